The summed E-state index contributed by atoms with van der Waals surface area (Å²) in [5, 5.41) is 14.4. The van der Waals surface area contributed by atoms with E-state index in [1.165, 1.54) is 0 Å². The molecule has 100 valence electrons. The lowest BCUT2D eigenvalue weighted by atomic mass is 10.1. The van der Waals surface area contributed by atoms with Crippen LogP contribution in [0.3, 0.4) is 0 Å². The Balaban J connectivity index is 1.95. The molecule has 20 heavy (non-hydrogen) atoms. The quantitative estimate of drug-likeness (QED) is 0.892. The van der Waals surface area contributed by atoms with Gasteiger partial charge in [-0.15, -0.1) is 0 Å². The van der Waals surface area contributed by atoms with Crippen LogP contribution in [0.15, 0.2) is 54.6 Å². The molecular formula is C16H15N3O. The van der Waals surface area contributed by atoms with Gasteiger partial charge in [0.2, 0.25) is 0 Å². The number of urea groups is 1. The summed E-state index contributed by atoms with van der Waals surface area (Å²) in [6.07, 6.45) is 0. The molecular weight excluding hydrogens is 250 g/mol. The second-order valence-corrected chi connectivity index (χ2v) is 4.42. The highest BCUT2D eigenvalue weighted by atomic mass is 16.2. The Bertz CT molecular complexity index is 614. The third-order valence-corrected chi connectivity index (χ3v) is 2.92. The molecule has 4 nitrogen and oxygen atoms in total. The molecule has 4 heteroatoms. The van der Waals surface area contributed by atoms with Crippen LogP contribution in [0.25, 0.3) is 0 Å². The van der Waals surface area contributed by atoms with Gasteiger partial charge in [-0.3, -0.25) is 0 Å². The predicted molar refractivity (Wildman–Crippen MR) is 78.2 cm³/mol. The average molecular weight is 265 g/mol. The molecule has 0 saturated heterocycles. The Morgan fingerprint density at radius 3 is 2.35 bits per heavy atom. The molecule has 2 aromatic rings. The van der Waals surface area contributed by atoms with Gasteiger partial charge >= 0.3 is 6.03 Å². The van der Waals surface area contributed by atoms with Crippen molar-refractivity contribution in [1.82, 2.24) is 5.32 Å². The number of benzene rings is 2. The van der Waals surface area contributed by atoms with Crippen LogP contribution in [0.1, 0.15) is 24.1 Å². The smallest absolute Gasteiger partial charge is 0.319 e. The number of para-hydroxylation sites is 1. The Kier molecular flexibility index (Phi) is 4.35. The summed E-state index contributed by atoms with van der Waals surface area (Å²) in [5.74, 6) is 0. The first-order chi connectivity index (χ1) is 9.69. The summed E-state index contributed by atoms with van der Waals surface area (Å²) in [4.78, 5) is 11.8. The number of carbonyl (C=O) groups is 1. The second-order valence-electron chi connectivity index (χ2n) is 4.42. The van der Waals surface area contributed by atoms with Crippen molar-refractivity contribution in [1.29, 1.82) is 5.26 Å². The number of carbonyl (C=O) groups excluding carboxylic acids is 1. The first kappa shape index (κ1) is 13.6. The van der Waals surface area contributed by atoms with Gasteiger partial charge in [0.25, 0.3) is 0 Å². The molecule has 1 atom stereocenters. The van der Waals surface area contributed by atoms with E-state index < -0.39 is 0 Å². The maximum Gasteiger partial charge on any atom is 0.319 e. The van der Waals surface area contributed by atoms with Crippen LogP contribution in [0.2, 0.25) is 0 Å². The van der Waals surface area contributed by atoms with Gasteiger partial charge in [0, 0.05) is 5.69 Å². The van der Waals surface area contributed by atoms with E-state index in [1.807, 2.05) is 49.4 Å². The molecule has 0 heterocycles. The number of hydrogen-bond acceptors (Lipinski definition) is 2. The number of hydrogen-bond donors (Lipinski definition) is 2. The molecule has 0 bridgehead atoms. The van der Waals surface area contributed by atoms with Gasteiger partial charge < -0.3 is 10.6 Å². The summed E-state index contributed by atoms with van der Waals surface area (Å²) in [5.41, 5.74) is 2.30. The summed E-state index contributed by atoms with van der Waals surface area (Å²) in [6.45, 7) is 1.89. The van der Waals surface area contributed by atoms with E-state index in [4.69, 9.17) is 5.26 Å². The first-order valence-corrected chi connectivity index (χ1v) is 6.31. The fourth-order valence-corrected chi connectivity index (χ4v) is 1.81. The monoisotopic (exact) mass is 265 g/mol. The maximum atomic E-state index is 11.8. The largest absolute Gasteiger partial charge is 0.331 e. The van der Waals surface area contributed by atoms with Crippen molar-refractivity contribution in [2.24, 2.45) is 0 Å². The molecule has 0 aliphatic carbocycles. The summed E-state index contributed by atoms with van der Waals surface area (Å²) in [7, 11) is 0. The SMILES string of the molecule is CC(NC(=O)Nc1ccccc1)c1ccc(C#N)cc1. The van der Waals surface area contributed by atoms with E-state index in [0.29, 0.717) is 5.56 Å². The highest BCUT2D eigenvalue weighted by Gasteiger charge is 2.09. The van der Waals surface area contributed by atoms with E-state index in [2.05, 4.69) is 16.7 Å². The summed E-state index contributed by atoms with van der Waals surface area (Å²) < 4.78 is 0. The number of anilines is 1. The van der Waals surface area contributed by atoms with Crippen molar-refractivity contribution >= 4 is 11.7 Å². The van der Waals surface area contributed by atoms with Crippen LogP contribution in [-0.4, -0.2) is 6.03 Å². The zero-order valence-corrected chi connectivity index (χ0v) is 11.1. The fourth-order valence-electron chi connectivity index (χ4n) is 1.81. The molecule has 0 spiro atoms. The van der Waals surface area contributed by atoms with Gasteiger partial charge in [0.05, 0.1) is 17.7 Å². The van der Waals surface area contributed by atoms with Gasteiger partial charge in [-0.05, 0) is 36.8 Å². The lowest BCUT2D eigenvalue weighted by Gasteiger charge is -2.15. The maximum absolute atomic E-state index is 11.8. The lowest BCUT2D eigenvalue weighted by molar-refractivity contribution is 0.249. The molecule has 2 aromatic carbocycles. The fraction of sp³-hybridized carbons (Fsp3) is 0.125. The van der Waals surface area contributed by atoms with E-state index in [-0.39, 0.29) is 12.1 Å². The lowest BCUT2D eigenvalue weighted by Crippen LogP contribution is -2.31. The summed E-state index contributed by atoms with van der Waals surface area (Å²) in [6, 6.07) is 18.1. The molecule has 0 aliphatic rings. The molecule has 0 fully saturated rings. The molecule has 0 saturated carbocycles. The normalized spacial score (nSPS) is 11.2. The van der Waals surface area contributed by atoms with Gasteiger partial charge in [-0.1, -0.05) is 30.3 Å². The van der Waals surface area contributed by atoms with Crippen molar-refractivity contribution in [3.05, 3.63) is 65.7 Å². The highest BCUT2D eigenvalue weighted by Crippen LogP contribution is 2.13. The average Bonchev–Trinajstić information content (AvgIpc) is 2.48. The number of nitrogens with zero attached hydrogens (tertiary/aromatic N) is 1. The van der Waals surface area contributed by atoms with Crippen LogP contribution in [0.5, 0.6) is 0 Å². The standard InChI is InChI=1S/C16H15N3O/c1-12(14-9-7-13(11-17)8-10-14)18-16(20)19-15-5-3-2-4-6-15/h2-10,12H,1H3,(H2,18,19,20). The number of amides is 2. The van der Waals surface area contributed by atoms with Crippen LogP contribution in [0.4, 0.5) is 10.5 Å². The first-order valence-electron chi connectivity index (χ1n) is 6.31. The molecule has 2 amide bonds. The van der Waals surface area contributed by atoms with Gasteiger partial charge in [-0.25, -0.2) is 4.79 Å². The van der Waals surface area contributed by atoms with Crippen LogP contribution in [0, 0.1) is 11.3 Å². The molecule has 1 unspecified atom stereocenters. The minimum atomic E-state index is -0.256. The third-order valence-electron chi connectivity index (χ3n) is 2.92. The van der Waals surface area contributed by atoms with E-state index >= 15 is 0 Å². The van der Waals surface area contributed by atoms with Crippen molar-refractivity contribution in [2.75, 3.05) is 5.32 Å². The Morgan fingerprint density at radius 2 is 1.75 bits per heavy atom. The zero-order valence-electron chi connectivity index (χ0n) is 11.1. The molecule has 0 aliphatic heterocycles. The second kappa shape index (κ2) is 6.39. The van der Waals surface area contributed by atoms with Crippen LogP contribution >= 0.6 is 0 Å². The molecule has 2 rings (SSSR count). The van der Waals surface area contributed by atoms with Crippen LogP contribution < -0.4 is 10.6 Å². The van der Waals surface area contributed by atoms with Crippen molar-refractivity contribution < 1.29 is 4.79 Å². The number of nitriles is 1. The minimum Gasteiger partial charge on any atom is -0.331 e. The van der Waals surface area contributed by atoms with Crippen molar-refractivity contribution in [3.8, 4) is 6.07 Å². The van der Waals surface area contributed by atoms with E-state index in [9.17, 15) is 4.79 Å². The molecule has 2 N–H and O–H groups in total. The topological polar surface area (TPSA) is 64.9 Å². The van der Waals surface area contributed by atoms with E-state index in [0.717, 1.165) is 11.3 Å². The zero-order chi connectivity index (χ0) is 14.4. The number of rotatable bonds is 3. The third kappa shape index (κ3) is 3.59. The minimum absolute atomic E-state index is 0.133. The predicted octanol–water partition coefficient (Wildman–Crippen LogP) is 3.44. The molecule has 0 aromatic heterocycles. The van der Waals surface area contributed by atoms with Crippen LogP contribution in [-0.2, 0) is 0 Å². The van der Waals surface area contributed by atoms with Crippen molar-refractivity contribution in [3.63, 3.8) is 0 Å². The van der Waals surface area contributed by atoms with Crippen molar-refractivity contribution in [2.45, 2.75) is 13.0 Å². The number of nitrogens with one attached hydrogen (secondary N) is 2. The Morgan fingerprint density at radius 1 is 1.10 bits per heavy atom. The van der Waals surface area contributed by atoms with E-state index in [1.54, 1.807) is 12.1 Å². The van der Waals surface area contributed by atoms with Gasteiger partial charge in [-0.2, -0.15) is 5.26 Å². The highest BCUT2D eigenvalue weighted by molar-refractivity contribution is 5.89. The summed E-state index contributed by atoms with van der Waals surface area (Å²) >= 11 is 0. The molecule has 0 radical (unpaired) electrons. The Hall–Kier alpha value is -2.80. The van der Waals surface area contributed by atoms with Gasteiger partial charge in [0.15, 0.2) is 0 Å². The Labute approximate surface area is 118 Å². The van der Waals surface area contributed by atoms with Gasteiger partial charge in [0.1, 0.15) is 0 Å².